The zero-order valence-electron chi connectivity index (χ0n) is 11.6. The fourth-order valence-corrected chi connectivity index (χ4v) is 3.28. The molecule has 1 aromatic heterocycles. The first kappa shape index (κ1) is 14.8. The van der Waals surface area contributed by atoms with Crippen LogP contribution in [0.4, 0.5) is 0 Å². The molecule has 0 amide bonds. The number of benzene rings is 1. The first-order valence-electron chi connectivity index (χ1n) is 7.16. The molecular formula is C16H16BrClN2O. The zero-order chi connectivity index (χ0) is 14.8. The number of hydrogen-bond acceptors (Lipinski definition) is 2. The van der Waals surface area contributed by atoms with Gasteiger partial charge in [-0.3, -0.25) is 9.48 Å². The van der Waals surface area contributed by atoms with E-state index in [0.29, 0.717) is 23.0 Å². The van der Waals surface area contributed by atoms with Crippen LogP contribution in [0.2, 0.25) is 5.02 Å². The Balaban J connectivity index is 1.70. The van der Waals surface area contributed by atoms with Gasteiger partial charge in [0.1, 0.15) is 0 Å². The van der Waals surface area contributed by atoms with Gasteiger partial charge in [-0.15, -0.1) is 0 Å². The largest absolute Gasteiger partial charge is 0.294 e. The topological polar surface area (TPSA) is 34.9 Å². The Morgan fingerprint density at radius 1 is 1.33 bits per heavy atom. The van der Waals surface area contributed by atoms with Gasteiger partial charge in [0.15, 0.2) is 5.78 Å². The fourth-order valence-electron chi connectivity index (χ4n) is 2.78. The van der Waals surface area contributed by atoms with Gasteiger partial charge >= 0.3 is 0 Å². The first-order valence-corrected chi connectivity index (χ1v) is 8.33. The molecule has 0 N–H and O–H groups in total. The molecule has 0 unspecified atom stereocenters. The van der Waals surface area contributed by atoms with E-state index in [4.69, 9.17) is 11.6 Å². The molecule has 0 radical (unpaired) electrons. The third-order valence-electron chi connectivity index (χ3n) is 3.95. The Morgan fingerprint density at radius 3 is 2.81 bits per heavy atom. The number of carbonyl (C=O) groups excluding carboxylic acids is 1. The number of ketones is 1. The number of Topliss-reactive ketones (excluding diaryl/α,β-unsaturated/α-hetero) is 1. The van der Waals surface area contributed by atoms with Crippen LogP contribution >= 0.6 is 27.5 Å². The molecule has 1 saturated carbocycles. The van der Waals surface area contributed by atoms with Crippen molar-refractivity contribution in [3.63, 3.8) is 0 Å². The summed E-state index contributed by atoms with van der Waals surface area (Å²) in [6.07, 6.45) is 7.26. The summed E-state index contributed by atoms with van der Waals surface area (Å²) in [5.41, 5.74) is 1.49. The number of rotatable bonds is 4. The van der Waals surface area contributed by atoms with Gasteiger partial charge in [-0.2, -0.15) is 5.10 Å². The van der Waals surface area contributed by atoms with E-state index in [1.165, 1.54) is 25.7 Å². The number of aromatic nitrogens is 2. The Morgan fingerprint density at radius 2 is 2.10 bits per heavy atom. The van der Waals surface area contributed by atoms with Crippen molar-refractivity contribution in [1.29, 1.82) is 0 Å². The zero-order valence-corrected chi connectivity index (χ0v) is 13.9. The smallest absolute Gasteiger partial charge is 0.168 e. The van der Waals surface area contributed by atoms with Crippen LogP contribution in [-0.2, 0) is 6.42 Å². The molecule has 5 heteroatoms. The minimum absolute atomic E-state index is 0.0593. The summed E-state index contributed by atoms with van der Waals surface area (Å²) >= 11 is 9.29. The van der Waals surface area contributed by atoms with Gasteiger partial charge in [0.05, 0.1) is 23.2 Å². The summed E-state index contributed by atoms with van der Waals surface area (Å²) in [6.45, 7) is 0. The van der Waals surface area contributed by atoms with Crippen molar-refractivity contribution >= 4 is 33.3 Å². The number of halogens is 2. The molecule has 1 aromatic carbocycles. The predicted molar refractivity (Wildman–Crippen MR) is 86.9 cm³/mol. The van der Waals surface area contributed by atoms with Crippen molar-refractivity contribution in [3.8, 4) is 0 Å². The Kier molecular flexibility index (Phi) is 4.45. The van der Waals surface area contributed by atoms with Crippen LogP contribution in [-0.4, -0.2) is 15.6 Å². The van der Waals surface area contributed by atoms with Gasteiger partial charge in [0, 0.05) is 16.2 Å². The maximum Gasteiger partial charge on any atom is 0.168 e. The van der Waals surface area contributed by atoms with E-state index in [0.717, 1.165) is 10.2 Å². The van der Waals surface area contributed by atoms with Gasteiger partial charge in [-0.25, -0.2) is 0 Å². The maximum atomic E-state index is 12.3. The lowest BCUT2D eigenvalue weighted by molar-refractivity contribution is 0.0991. The second-order valence-electron chi connectivity index (χ2n) is 5.45. The molecule has 0 saturated heterocycles. The van der Waals surface area contributed by atoms with Crippen LogP contribution in [0.15, 0.2) is 34.9 Å². The van der Waals surface area contributed by atoms with E-state index in [9.17, 15) is 4.79 Å². The first-order chi connectivity index (χ1) is 10.1. The normalized spacial score (nSPS) is 15.5. The second kappa shape index (κ2) is 6.32. The highest BCUT2D eigenvalue weighted by Crippen LogP contribution is 2.29. The average molecular weight is 368 g/mol. The lowest BCUT2D eigenvalue weighted by atomic mass is 10.1. The molecule has 0 atom stereocenters. The van der Waals surface area contributed by atoms with Crippen LogP contribution in [0, 0.1) is 0 Å². The fraction of sp³-hybridized carbons (Fsp3) is 0.375. The molecule has 3 rings (SSSR count). The highest BCUT2D eigenvalue weighted by atomic mass is 79.9. The van der Waals surface area contributed by atoms with Crippen LogP contribution in [0.3, 0.4) is 0 Å². The summed E-state index contributed by atoms with van der Waals surface area (Å²) in [5.74, 6) is 0.0593. The van der Waals surface area contributed by atoms with Crippen molar-refractivity contribution in [2.24, 2.45) is 0 Å². The van der Waals surface area contributed by atoms with Crippen molar-refractivity contribution < 1.29 is 4.79 Å². The van der Waals surface area contributed by atoms with Crippen molar-refractivity contribution in [1.82, 2.24) is 9.78 Å². The molecular weight excluding hydrogens is 352 g/mol. The molecule has 2 aromatic rings. The van der Waals surface area contributed by atoms with Crippen molar-refractivity contribution in [3.05, 3.63) is 51.2 Å². The van der Waals surface area contributed by atoms with Crippen LogP contribution < -0.4 is 0 Å². The molecule has 1 fully saturated rings. The molecule has 0 spiro atoms. The van der Waals surface area contributed by atoms with Crippen LogP contribution in [0.1, 0.15) is 47.8 Å². The summed E-state index contributed by atoms with van der Waals surface area (Å²) in [4.78, 5) is 12.3. The minimum atomic E-state index is 0.0593. The molecule has 1 aliphatic rings. The molecule has 3 nitrogen and oxygen atoms in total. The predicted octanol–water partition coefficient (Wildman–Crippen LogP) is 4.84. The standard InChI is InChI=1S/C16H16BrClN2O/c17-14-9-11(5-6-15(14)18)16(21)10-12-7-8-20(19-12)13-3-1-2-4-13/h5-9,13H,1-4,10H2. The minimum Gasteiger partial charge on any atom is -0.294 e. The van der Waals surface area contributed by atoms with Gasteiger partial charge < -0.3 is 0 Å². The molecule has 1 aliphatic carbocycles. The molecule has 1 heterocycles. The van der Waals surface area contributed by atoms with E-state index in [1.54, 1.807) is 18.2 Å². The summed E-state index contributed by atoms with van der Waals surface area (Å²) < 4.78 is 2.76. The Labute approximate surface area is 137 Å². The number of hydrogen-bond donors (Lipinski definition) is 0. The quantitative estimate of drug-likeness (QED) is 0.725. The summed E-state index contributed by atoms with van der Waals surface area (Å²) in [7, 11) is 0. The average Bonchev–Trinajstić information content (AvgIpc) is 3.12. The third kappa shape index (κ3) is 3.38. The molecule has 0 aliphatic heterocycles. The summed E-state index contributed by atoms with van der Waals surface area (Å²) in [5, 5.41) is 5.16. The highest BCUT2D eigenvalue weighted by Gasteiger charge is 2.18. The lowest BCUT2D eigenvalue weighted by Gasteiger charge is -2.08. The van der Waals surface area contributed by atoms with Gasteiger partial charge in [0.25, 0.3) is 0 Å². The molecule has 110 valence electrons. The second-order valence-corrected chi connectivity index (χ2v) is 6.72. The van der Waals surface area contributed by atoms with E-state index >= 15 is 0 Å². The van der Waals surface area contributed by atoms with Gasteiger partial charge in [-0.1, -0.05) is 24.4 Å². The lowest BCUT2D eigenvalue weighted by Crippen LogP contribution is -2.08. The SMILES string of the molecule is O=C(Cc1ccn(C2CCCC2)n1)c1ccc(Cl)c(Br)c1. The van der Waals surface area contributed by atoms with E-state index in [1.807, 2.05) is 16.9 Å². The molecule has 21 heavy (non-hydrogen) atoms. The summed E-state index contributed by atoms with van der Waals surface area (Å²) in [6, 6.07) is 7.71. The monoisotopic (exact) mass is 366 g/mol. The van der Waals surface area contributed by atoms with Crippen molar-refractivity contribution in [2.45, 2.75) is 38.1 Å². The number of carbonyl (C=O) groups is 1. The van der Waals surface area contributed by atoms with E-state index in [-0.39, 0.29) is 5.78 Å². The Bertz CT molecular complexity index is 662. The molecule has 0 bridgehead atoms. The third-order valence-corrected chi connectivity index (χ3v) is 5.16. The van der Waals surface area contributed by atoms with E-state index in [2.05, 4.69) is 21.0 Å². The van der Waals surface area contributed by atoms with Crippen LogP contribution in [0.5, 0.6) is 0 Å². The van der Waals surface area contributed by atoms with Gasteiger partial charge in [0.2, 0.25) is 0 Å². The van der Waals surface area contributed by atoms with Gasteiger partial charge in [-0.05, 0) is 53.0 Å². The van der Waals surface area contributed by atoms with E-state index < -0.39 is 0 Å². The maximum absolute atomic E-state index is 12.3. The Hall–Kier alpha value is -1.13. The van der Waals surface area contributed by atoms with Crippen LogP contribution in [0.25, 0.3) is 0 Å². The van der Waals surface area contributed by atoms with Crippen molar-refractivity contribution in [2.75, 3.05) is 0 Å². The highest BCUT2D eigenvalue weighted by molar-refractivity contribution is 9.10. The number of nitrogens with zero attached hydrogens (tertiary/aromatic N) is 2.